The van der Waals surface area contributed by atoms with Gasteiger partial charge >= 0.3 is 0 Å². The van der Waals surface area contributed by atoms with Crippen LogP contribution in [0, 0.1) is 40.4 Å². The molecule has 0 aromatic heterocycles. The summed E-state index contributed by atoms with van der Waals surface area (Å²) in [5.41, 5.74) is 0.434. The average molecular weight is 352 g/mol. The molecule has 138 valence electrons. The summed E-state index contributed by atoms with van der Waals surface area (Å²) < 4.78 is 0. The molecule has 0 saturated heterocycles. The first kappa shape index (κ1) is 17.6. The topological polar surface area (TPSA) is 57.5 Å². The summed E-state index contributed by atoms with van der Waals surface area (Å²) >= 11 is 0. The van der Waals surface area contributed by atoms with Gasteiger partial charge in [-0.15, -0.1) is 5.92 Å². The van der Waals surface area contributed by atoms with Gasteiger partial charge in [-0.05, 0) is 74.3 Å². The Kier molecular flexibility index (Phi) is 3.80. The number of allylic oxidation sites excluding steroid dienone is 4. The standard InChI is InChI=1S/C23H28O3/c1-4-9-23(26)11-8-19-17-6-5-16-12-20(25)15(14-24)13-21(16,2)18(17)7-10-22(19,23)3/h8,11-12,14,17-19,24,26H,5-7,10,13H2,1-3H3/b15-14-/t17-,18+,19+,21+,22+,23+/m1/s1. The third-order valence-electron chi connectivity index (χ3n) is 8.05. The van der Waals surface area contributed by atoms with E-state index in [-0.39, 0.29) is 16.6 Å². The Morgan fingerprint density at radius 2 is 2.08 bits per heavy atom. The van der Waals surface area contributed by atoms with Gasteiger partial charge in [0.25, 0.3) is 0 Å². The molecule has 0 aromatic rings. The third kappa shape index (κ3) is 2.09. The Bertz CT molecular complexity index is 807. The lowest BCUT2D eigenvalue weighted by Crippen LogP contribution is -2.55. The smallest absolute Gasteiger partial charge is 0.184 e. The zero-order chi connectivity index (χ0) is 18.7. The van der Waals surface area contributed by atoms with Gasteiger partial charge in [0.1, 0.15) is 5.60 Å². The van der Waals surface area contributed by atoms with Crippen molar-refractivity contribution in [1.82, 2.24) is 0 Å². The highest BCUT2D eigenvalue weighted by Crippen LogP contribution is 2.65. The van der Waals surface area contributed by atoms with Crippen molar-refractivity contribution in [3.8, 4) is 11.8 Å². The SMILES string of the molecule is CC#C[C@]1(O)C=C[C@H]2[C@@H]3CCC4=CC(=O)/C(=C\O)C[C@]4(C)[C@H]3CC[C@@]21C. The molecule has 0 aliphatic heterocycles. The van der Waals surface area contributed by atoms with Crippen LogP contribution in [0.25, 0.3) is 0 Å². The Hall–Kier alpha value is -1.79. The first-order chi connectivity index (χ1) is 12.3. The summed E-state index contributed by atoms with van der Waals surface area (Å²) in [5, 5.41) is 20.7. The Labute approximate surface area is 155 Å². The normalized spacial score (nSPS) is 48.2. The van der Waals surface area contributed by atoms with E-state index in [2.05, 4.69) is 31.8 Å². The van der Waals surface area contributed by atoms with E-state index < -0.39 is 5.60 Å². The lowest BCUT2D eigenvalue weighted by molar-refractivity contribution is -0.114. The zero-order valence-corrected chi connectivity index (χ0v) is 15.9. The van der Waals surface area contributed by atoms with E-state index >= 15 is 0 Å². The molecule has 0 spiro atoms. The number of fused-ring (bicyclic) bond motifs is 5. The van der Waals surface area contributed by atoms with Gasteiger partial charge in [0.05, 0.1) is 6.26 Å². The fourth-order valence-corrected chi connectivity index (χ4v) is 6.51. The van der Waals surface area contributed by atoms with Gasteiger partial charge in [-0.3, -0.25) is 4.79 Å². The Morgan fingerprint density at radius 1 is 1.31 bits per heavy atom. The maximum Gasteiger partial charge on any atom is 0.184 e. The fraction of sp³-hybridized carbons (Fsp3) is 0.609. The maximum absolute atomic E-state index is 12.2. The lowest BCUT2D eigenvalue weighted by atomic mass is 9.46. The summed E-state index contributed by atoms with van der Waals surface area (Å²) in [6.45, 7) is 6.25. The van der Waals surface area contributed by atoms with E-state index in [0.29, 0.717) is 29.7 Å². The lowest BCUT2D eigenvalue weighted by Gasteiger charge is -2.58. The minimum Gasteiger partial charge on any atom is -0.515 e. The summed E-state index contributed by atoms with van der Waals surface area (Å²) in [6.07, 6.45) is 11.5. The second-order valence-electron chi connectivity index (χ2n) is 9.07. The number of carbonyl (C=O) groups is 1. The Balaban J connectivity index is 1.72. The molecular weight excluding hydrogens is 324 g/mol. The molecule has 6 atom stereocenters. The van der Waals surface area contributed by atoms with Gasteiger partial charge < -0.3 is 10.2 Å². The van der Waals surface area contributed by atoms with Crippen molar-refractivity contribution in [2.24, 2.45) is 28.6 Å². The summed E-state index contributed by atoms with van der Waals surface area (Å²) in [6, 6.07) is 0. The molecule has 26 heavy (non-hydrogen) atoms. The maximum atomic E-state index is 12.2. The van der Waals surface area contributed by atoms with Gasteiger partial charge in [-0.1, -0.05) is 31.4 Å². The number of hydrogen-bond acceptors (Lipinski definition) is 3. The van der Waals surface area contributed by atoms with Crippen LogP contribution < -0.4 is 0 Å². The number of carbonyl (C=O) groups excluding carboxylic acids is 1. The van der Waals surface area contributed by atoms with E-state index in [1.54, 1.807) is 13.0 Å². The van der Waals surface area contributed by atoms with Crippen molar-refractivity contribution in [2.75, 3.05) is 0 Å². The first-order valence-electron chi connectivity index (χ1n) is 9.73. The summed E-state index contributed by atoms with van der Waals surface area (Å²) in [5.74, 6) is 7.20. The van der Waals surface area contributed by atoms with E-state index in [1.165, 1.54) is 5.57 Å². The largest absolute Gasteiger partial charge is 0.515 e. The van der Waals surface area contributed by atoms with E-state index in [9.17, 15) is 15.0 Å². The van der Waals surface area contributed by atoms with E-state index in [1.807, 2.05) is 6.08 Å². The molecule has 0 radical (unpaired) electrons. The number of aliphatic hydroxyl groups excluding tert-OH is 1. The molecule has 2 N–H and O–H groups in total. The second kappa shape index (κ2) is 5.60. The van der Waals surface area contributed by atoms with E-state index in [0.717, 1.165) is 31.9 Å². The molecule has 3 heteroatoms. The van der Waals surface area contributed by atoms with Crippen LogP contribution in [-0.2, 0) is 4.79 Å². The van der Waals surface area contributed by atoms with Crippen LogP contribution in [0.15, 0.2) is 35.6 Å². The molecule has 0 unspecified atom stereocenters. The average Bonchev–Trinajstić information content (AvgIpc) is 2.87. The highest BCUT2D eigenvalue weighted by atomic mass is 16.3. The zero-order valence-electron chi connectivity index (χ0n) is 15.9. The molecular formula is C23H28O3. The van der Waals surface area contributed by atoms with Crippen molar-refractivity contribution in [2.45, 2.75) is 58.5 Å². The first-order valence-corrected chi connectivity index (χ1v) is 9.73. The van der Waals surface area contributed by atoms with Crippen molar-refractivity contribution in [3.05, 3.63) is 35.6 Å². The van der Waals surface area contributed by atoms with Crippen molar-refractivity contribution >= 4 is 5.78 Å². The third-order valence-corrected chi connectivity index (χ3v) is 8.05. The number of rotatable bonds is 0. The predicted octanol–water partition coefficient (Wildman–Crippen LogP) is 4.10. The molecule has 0 amide bonds. The van der Waals surface area contributed by atoms with Crippen molar-refractivity contribution < 1.29 is 15.0 Å². The molecule has 0 bridgehead atoms. The van der Waals surface area contributed by atoms with Gasteiger partial charge in [0.15, 0.2) is 5.78 Å². The van der Waals surface area contributed by atoms with Crippen LogP contribution in [0.1, 0.15) is 52.9 Å². The minimum atomic E-state index is -1.03. The van der Waals surface area contributed by atoms with E-state index in [4.69, 9.17) is 0 Å². The number of ketones is 1. The monoisotopic (exact) mass is 352 g/mol. The summed E-state index contributed by atoms with van der Waals surface area (Å²) in [7, 11) is 0. The van der Waals surface area contributed by atoms with Crippen LogP contribution in [0.2, 0.25) is 0 Å². The molecule has 4 aliphatic carbocycles. The fourth-order valence-electron chi connectivity index (χ4n) is 6.51. The molecule has 4 rings (SSSR count). The molecule has 2 saturated carbocycles. The van der Waals surface area contributed by atoms with Crippen LogP contribution in [-0.4, -0.2) is 21.6 Å². The van der Waals surface area contributed by atoms with Crippen molar-refractivity contribution in [3.63, 3.8) is 0 Å². The number of aliphatic hydroxyl groups is 2. The predicted molar refractivity (Wildman–Crippen MR) is 101 cm³/mol. The van der Waals surface area contributed by atoms with Crippen LogP contribution in [0.4, 0.5) is 0 Å². The van der Waals surface area contributed by atoms with Gasteiger partial charge in [-0.2, -0.15) is 0 Å². The quantitative estimate of drug-likeness (QED) is 0.299. The van der Waals surface area contributed by atoms with Gasteiger partial charge in [0.2, 0.25) is 0 Å². The van der Waals surface area contributed by atoms with Crippen LogP contribution in [0.5, 0.6) is 0 Å². The second-order valence-corrected chi connectivity index (χ2v) is 9.07. The van der Waals surface area contributed by atoms with Crippen molar-refractivity contribution in [1.29, 1.82) is 0 Å². The number of hydrogen-bond donors (Lipinski definition) is 2. The highest BCUT2D eigenvalue weighted by Gasteiger charge is 2.62. The Morgan fingerprint density at radius 3 is 2.77 bits per heavy atom. The highest BCUT2D eigenvalue weighted by molar-refractivity contribution is 6.05. The van der Waals surface area contributed by atoms with Crippen LogP contribution in [0.3, 0.4) is 0 Å². The summed E-state index contributed by atoms with van der Waals surface area (Å²) in [4.78, 5) is 12.2. The molecule has 3 nitrogen and oxygen atoms in total. The van der Waals surface area contributed by atoms with Crippen LogP contribution >= 0.6 is 0 Å². The molecule has 4 aliphatic rings. The minimum absolute atomic E-state index is 0.0348. The molecule has 2 fully saturated rings. The van der Waals surface area contributed by atoms with Gasteiger partial charge in [0, 0.05) is 11.0 Å². The molecule has 0 heterocycles. The van der Waals surface area contributed by atoms with Gasteiger partial charge in [-0.25, -0.2) is 0 Å². The molecule has 0 aromatic carbocycles.